The van der Waals surface area contributed by atoms with Gasteiger partial charge in [0.1, 0.15) is 6.04 Å². The number of hydrogen-bond acceptors (Lipinski definition) is 3. The quantitative estimate of drug-likeness (QED) is 0.866. The lowest BCUT2D eigenvalue weighted by Crippen LogP contribution is -2.41. The number of aryl methyl sites for hydroxylation is 1. The lowest BCUT2D eigenvalue weighted by Gasteiger charge is -2.21. The van der Waals surface area contributed by atoms with Gasteiger partial charge in [0.25, 0.3) is 0 Å². The molecule has 0 radical (unpaired) electrons. The molecule has 1 aliphatic heterocycles. The van der Waals surface area contributed by atoms with E-state index in [1.54, 1.807) is 6.20 Å². The summed E-state index contributed by atoms with van der Waals surface area (Å²) in [4.78, 5) is 28.8. The summed E-state index contributed by atoms with van der Waals surface area (Å²) in [5, 5.41) is 9.04. The minimum absolute atomic E-state index is 0.151. The number of carboxylic acids is 1. The number of aliphatic carboxylic acids is 1. The molecule has 0 spiro atoms. The van der Waals surface area contributed by atoms with Gasteiger partial charge in [-0.15, -0.1) is 0 Å². The van der Waals surface area contributed by atoms with Gasteiger partial charge in [-0.3, -0.25) is 9.78 Å². The van der Waals surface area contributed by atoms with Crippen molar-refractivity contribution in [2.75, 3.05) is 6.54 Å². The lowest BCUT2D eigenvalue weighted by atomic mass is 10.1. The second-order valence-corrected chi connectivity index (χ2v) is 4.53. The molecular formula is C13H16N2O3. The summed E-state index contributed by atoms with van der Waals surface area (Å²) < 4.78 is 0. The van der Waals surface area contributed by atoms with Crippen LogP contribution >= 0.6 is 0 Å². The van der Waals surface area contributed by atoms with E-state index in [1.165, 1.54) is 4.90 Å². The molecule has 96 valence electrons. The van der Waals surface area contributed by atoms with Crippen molar-refractivity contribution < 1.29 is 14.7 Å². The molecule has 0 aromatic carbocycles. The Morgan fingerprint density at radius 3 is 3.00 bits per heavy atom. The first-order valence-corrected chi connectivity index (χ1v) is 6.02. The van der Waals surface area contributed by atoms with Gasteiger partial charge in [-0.05, 0) is 31.4 Å². The maximum atomic E-state index is 12.1. The molecule has 0 aliphatic carbocycles. The van der Waals surface area contributed by atoms with Gasteiger partial charge in [0.05, 0.1) is 12.1 Å². The van der Waals surface area contributed by atoms with Gasteiger partial charge in [0, 0.05) is 12.7 Å². The second kappa shape index (κ2) is 5.16. The molecule has 1 N–H and O–H groups in total. The molecule has 2 heterocycles. The van der Waals surface area contributed by atoms with Crippen LogP contribution in [0.5, 0.6) is 0 Å². The molecule has 0 bridgehead atoms. The third-order valence-electron chi connectivity index (χ3n) is 3.29. The average molecular weight is 248 g/mol. The lowest BCUT2D eigenvalue weighted by molar-refractivity contribution is -0.148. The van der Waals surface area contributed by atoms with Crippen LogP contribution < -0.4 is 0 Å². The van der Waals surface area contributed by atoms with Gasteiger partial charge in [-0.1, -0.05) is 6.07 Å². The number of aromatic nitrogens is 1. The Morgan fingerprint density at radius 2 is 2.33 bits per heavy atom. The first-order chi connectivity index (χ1) is 8.59. The number of hydrogen-bond donors (Lipinski definition) is 1. The zero-order valence-electron chi connectivity index (χ0n) is 10.3. The standard InChI is InChI=1S/C13H16N2O3/c1-9-4-2-6-14-10(9)8-12(16)15-7-3-5-11(15)13(17)18/h2,4,6,11H,3,5,7-8H2,1H3,(H,17,18)/t11-/m0/s1. The summed E-state index contributed by atoms with van der Waals surface area (Å²) in [6.45, 7) is 2.43. The Morgan fingerprint density at radius 1 is 1.56 bits per heavy atom. The number of nitrogens with zero attached hydrogens (tertiary/aromatic N) is 2. The Kier molecular flexibility index (Phi) is 3.60. The zero-order valence-corrected chi connectivity index (χ0v) is 10.3. The van der Waals surface area contributed by atoms with E-state index >= 15 is 0 Å². The molecule has 18 heavy (non-hydrogen) atoms. The molecule has 0 unspecified atom stereocenters. The third kappa shape index (κ3) is 2.50. The van der Waals surface area contributed by atoms with Crippen molar-refractivity contribution in [1.82, 2.24) is 9.88 Å². The number of amides is 1. The summed E-state index contributed by atoms with van der Waals surface area (Å²) in [7, 11) is 0. The molecule has 1 aromatic rings. The van der Waals surface area contributed by atoms with Crippen LogP contribution in [0.1, 0.15) is 24.1 Å². The highest BCUT2D eigenvalue weighted by Gasteiger charge is 2.33. The van der Waals surface area contributed by atoms with Crippen LogP contribution in [-0.4, -0.2) is 39.5 Å². The molecule has 0 saturated carbocycles. The molecule has 5 nitrogen and oxygen atoms in total. The minimum atomic E-state index is -0.918. The van der Waals surface area contributed by atoms with E-state index in [-0.39, 0.29) is 12.3 Å². The first kappa shape index (κ1) is 12.5. The molecule has 1 amide bonds. The van der Waals surface area contributed by atoms with Crippen molar-refractivity contribution in [1.29, 1.82) is 0 Å². The predicted octanol–water partition coefficient (Wildman–Crippen LogP) is 1.01. The van der Waals surface area contributed by atoms with E-state index in [0.717, 1.165) is 17.7 Å². The minimum Gasteiger partial charge on any atom is -0.480 e. The summed E-state index contributed by atoms with van der Waals surface area (Å²) >= 11 is 0. The number of rotatable bonds is 3. The molecule has 1 aliphatic rings. The fourth-order valence-corrected chi connectivity index (χ4v) is 2.27. The van der Waals surface area contributed by atoms with Crippen molar-refractivity contribution in [3.05, 3.63) is 29.6 Å². The van der Waals surface area contributed by atoms with E-state index in [4.69, 9.17) is 5.11 Å². The molecule has 1 aromatic heterocycles. The highest BCUT2D eigenvalue weighted by Crippen LogP contribution is 2.19. The Labute approximate surface area is 105 Å². The fraction of sp³-hybridized carbons (Fsp3) is 0.462. The maximum Gasteiger partial charge on any atom is 0.326 e. The highest BCUT2D eigenvalue weighted by atomic mass is 16.4. The fourth-order valence-electron chi connectivity index (χ4n) is 2.27. The number of carboxylic acid groups (broad SMARTS) is 1. The van der Waals surface area contributed by atoms with Gasteiger partial charge >= 0.3 is 5.97 Å². The van der Waals surface area contributed by atoms with E-state index in [9.17, 15) is 9.59 Å². The molecule has 1 saturated heterocycles. The van der Waals surface area contributed by atoms with Crippen LogP contribution in [-0.2, 0) is 16.0 Å². The number of carbonyl (C=O) groups excluding carboxylic acids is 1. The van der Waals surface area contributed by atoms with Crippen LogP contribution in [0.2, 0.25) is 0 Å². The SMILES string of the molecule is Cc1cccnc1CC(=O)N1CCC[C@H]1C(=O)O. The van der Waals surface area contributed by atoms with Crippen molar-refractivity contribution >= 4 is 11.9 Å². The molecular weight excluding hydrogens is 232 g/mol. The van der Waals surface area contributed by atoms with Gasteiger partial charge in [0.15, 0.2) is 0 Å². The van der Waals surface area contributed by atoms with Crippen molar-refractivity contribution in [2.24, 2.45) is 0 Å². The Hall–Kier alpha value is -1.91. The summed E-state index contributed by atoms with van der Waals surface area (Å²) in [6, 6.07) is 3.05. The maximum absolute atomic E-state index is 12.1. The van der Waals surface area contributed by atoms with Crippen LogP contribution in [0.4, 0.5) is 0 Å². The van der Waals surface area contributed by atoms with Gasteiger partial charge in [-0.2, -0.15) is 0 Å². The van der Waals surface area contributed by atoms with Crippen molar-refractivity contribution in [3.8, 4) is 0 Å². The van der Waals surface area contributed by atoms with Crippen molar-refractivity contribution in [3.63, 3.8) is 0 Å². The average Bonchev–Trinajstić information content (AvgIpc) is 2.81. The topological polar surface area (TPSA) is 70.5 Å². The van der Waals surface area contributed by atoms with E-state index in [1.807, 2.05) is 19.1 Å². The van der Waals surface area contributed by atoms with Gasteiger partial charge < -0.3 is 10.0 Å². The Bertz CT molecular complexity index is 473. The van der Waals surface area contributed by atoms with Crippen LogP contribution in [0.3, 0.4) is 0 Å². The monoisotopic (exact) mass is 248 g/mol. The summed E-state index contributed by atoms with van der Waals surface area (Å²) in [5.74, 6) is -1.07. The van der Waals surface area contributed by atoms with E-state index in [2.05, 4.69) is 4.98 Å². The van der Waals surface area contributed by atoms with Crippen LogP contribution in [0.15, 0.2) is 18.3 Å². The van der Waals surface area contributed by atoms with E-state index in [0.29, 0.717) is 13.0 Å². The molecule has 5 heteroatoms. The summed E-state index contributed by atoms with van der Waals surface area (Å²) in [6.07, 6.45) is 3.12. The number of carbonyl (C=O) groups is 2. The smallest absolute Gasteiger partial charge is 0.326 e. The first-order valence-electron chi connectivity index (χ1n) is 6.02. The largest absolute Gasteiger partial charge is 0.480 e. The van der Waals surface area contributed by atoms with E-state index < -0.39 is 12.0 Å². The van der Waals surface area contributed by atoms with Gasteiger partial charge in [-0.25, -0.2) is 4.79 Å². The second-order valence-electron chi connectivity index (χ2n) is 4.53. The molecule has 1 fully saturated rings. The zero-order chi connectivity index (χ0) is 13.1. The normalized spacial score (nSPS) is 18.9. The van der Waals surface area contributed by atoms with Crippen LogP contribution in [0.25, 0.3) is 0 Å². The van der Waals surface area contributed by atoms with Gasteiger partial charge in [0.2, 0.25) is 5.91 Å². The number of pyridine rings is 1. The number of likely N-dealkylation sites (tertiary alicyclic amines) is 1. The summed E-state index contributed by atoms with van der Waals surface area (Å²) in [5.41, 5.74) is 1.68. The Balaban J connectivity index is 2.08. The molecule has 1 atom stereocenters. The highest BCUT2D eigenvalue weighted by molar-refractivity contribution is 5.85. The van der Waals surface area contributed by atoms with Crippen molar-refractivity contribution in [2.45, 2.75) is 32.2 Å². The third-order valence-corrected chi connectivity index (χ3v) is 3.29. The van der Waals surface area contributed by atoms with Crippen LogP contribution in [0, 0.1) is 6.92 Å². The molecule has 2 rings (SSSR count). The predicted molar refractivity (Wildman–Crippen MR) is 65.0 cm³/mol.